The second-order valence-corrected chi connectivity index (χ2v) is 10.7. The third-order valence-electron chi connectivity index (χ3n) is 5.54. The maximum Gasteiger partial charge on any atom is 0.365 e. The first-order chi connectivity index (χ1) is 17.4. The van der Waals surface area contributed by atoms with E-state index in [0.29, 0.717) is 16.2 Å². The molecule has 1 fully saturated rings. The van der Waals surface area contributed by atoms with Gasteiger partial charge >= 0.3 is 5.97 Å². The van der Waals surface area contributed by atoms with Crippen LogP contribution in [-0.2, 0) is 14.3 Å². The first kappa shape index (κ1) is 24.1. The number of esters is 1. The number of hydrazone groups is 1. The fourth-order valence-corrected chi connectivity index (χ4v) is 6.73. The molecule has 1 atom stereocenters. The first-order valence-electron chi connectivity index (χ1n) is 11.3. The van der Waals surface area contributed by atoms with Gasteiger partial charge in [-0.25, -0.2) is 14.2 Å². The largest absolute Gasteiger partial charge is 0.461 e. The van der Waals surface area contributed by atoms with E-state index in [1.807, 2.05) is 61.5 Å². The van der Waals surface area contributed by atoms with Gasteiger partial charge in [-0.1, -0.05) is 59.8 Å². The molecular weight excluding hydrogens is 497 g/mol. The number of amides is 1. The predicted molar refractivity (Wildman–Crippen MR) is 144 cm³/mol. The Bertz CT molecular complexity index is 1360. The van der Waals surface area contributed by atoms with Gasteiger partial charge < -0.3 is 4.74 Å². The summed E-state index contributed by atoms with van der Waals surface area (Å²) in [6, 6.07) is 22.9. The van der Waals surface area contributed by atoms with Crippen LogP contribution in [0.15, 0.2) is 88.9 Å². The van der Waals surface area contributed by atoms with Crippen molar-refractivity contribution >= 4 is 57.9 Å². The van der Waals surface area contributed by atoms with E-state index in [4.69, 9.17) is 4.74 Å². The van der Waals surface area contributed by atoms with Crippen molar-refractivity contribution in [3.8, 4) is 0 Å². The normalized spacial score (nSPS) is 20.4. The molecule has 6 nitrogen and oxygen atoms in total. The van der Waals surface area contributed by atoms with Crippen molar-refractivity contribution in [3.63, 3.8) is 0 Å². The van der Waals surface area contributed by atoms with Crippen LogP contribution in [0.4, 0.5) is 15.8 Å². The van der Waals surface area contributed by atoms with E-state index in [1.54, 1.807) is 35.0 Å². The van der Waals surface area contributed by atoms with Crippen LogP contribution in [0.3, 0.4) is 0 Å². The van der Waals surface area contributed by atoms with Gasteiger partial charge in [0.2, 0.25) is 9.37 Å². The fourth-order valence-electron chi connectivity index (χ4n) is 3.86. The molecule has 182 valence electrons. The molecule has 1 saturated heterocycles. The standard InChI is InChI=1S/C27H22FN3O3S2/c1-3-34-26(33)24-29-31(22-15-9-18(2)10-16-22)27(36-24)30(21-7-5-4-6-8-21)25(32)23(35-27)17-19-11-13-20(28)14-12-19/h4-17H,3H2,1-2H3. The van der Waals surface area contributed by atoms with E-state index in [-0.39, 0.29) is 23.4 Å². The summed E-state index contributed by atoms with van der Waals surface area (Å²) in [4.78, 5) is 28.8. The first-order valence-corrected chi connectivity index (χ1v) is 12.9. The van der Waals surface area contributed by atoms with Gasteiger partial charge in [0.15, 0.2) is 0 Å². The lowest BCUT2D eigenvalue weighted by molar-refractivity contribution is -0.134. The van der Waals surface area contributed by atoms with Crippen molar-refractivity contribution in [3.05, 3.63) is 101 Å². The Morgan fingerprint density at radius 2 is 1.69 bits per heavy atom. The van der Waals surface area contributed by atoms with Crippen molar-refractivity contribution in [2.24, 2.45) is 5.10 Å². The predicted octanol–water partition coefficient (Wildman–Crippen LogP) is 6.00. The molecule has 36 heavy (non-hydrogen) atoms. The summed E-state index contributed by atoms with van der Waals surface area (Å²) < 4.78 is 17.6. The van der Waals surface area contributed by atoms with Gasteiger partial charge in [0.25, 0.3) is 5.91 Å². The summed E-state index contributed by atoms with van der Waals surface area (Å²) in [5.41, 5.74) is 3.13. The number of carbonyl (C=O) groups excluding carboxylic acids is 2. The van der Waals surface area contributed by atoms with Crippen molar-refractivity contribution in [2.75, 3.05) is 16.5 Å². The summed E-state index contributed by atoms with van der Waals surface area (Å²) >= 11 is 2.46. The highest BCUT2D eigenvalue weighted by atomic mass is 32.2. The lowest BCUT2D eigenvalue weighted by Gasteiger charge is -2.38. The molecule has 1 unspecified atom stereocenters. The lowest BCUT2D eigenvalue weighted by atomic mass is 10.2. The average molecular weight is 520 g/mol. The van der Waals surface area contributed by atoms with Crippen molar-refractivity contribution < 1.29 is 18.7 Å². The molecule has 0 saturated carbocycles. The van der Waals surface area contributed by atoms with E-state index in [9.17, 15) is 14.0 Å². The molecular formula is C27H22FN3O3S2. The van der Waals surface area contributed by atoms with Crippen molar-refractivity contribution in [2.45, 2.75) is 18.2 Å². The summed E-state index contributed by atoms with van der Waals surface area (Å²) in [5.74, 6) is -1.15. The second kappa shape index (κ2) is 9.83. The third kappa shape index (κ3) is 4.40. The number of thioether (sulfide) groups is 2. The van der Waals surface area contributed by atoms with Gasteiger partial charge in [0.1, 0.15) is 5.82 Å². The van der Waals surface area contributed by atoms with Gasteiger partial charge in [0.05, 0.1) is 17.2 Å². The topological polar surface area (TPSA) is 62.2 Å². The molecule has 1 amide bonds. The molecule has 3 aromatic rings. The van der Waals surface area contributed by atoms with Gasteiger partial charge in [-0.15, -0.1) is 0 Å². The Balaban J connectivity index is 1.66. The minimum Gasteiger partial charge on any atom is -0.461 e. The molecule has 2 aliphatic heterocycles. The van der Waals surface area contributed by atoms with Gasteiger partial charge in [-0.3, -0.25) is 9.69 Å². The van der Waals surface area contributed by atoms with E-state index in [2.05, 4.69) is 5.10 Å². The Morgan fingerprint density at radius 3 is 2.36 bits per heavy atom. The molecule has 3 aromatic carbocycles. The summed E-state index contributed by atoms with van der Waals surface area (Å²) in [5, 5.41) is 6.51. The number of hydrogen-bond donors (Lipinski definition) is 0. The van der Waals surface area contributed by atoms with Gasteiger partial charge in [-0.05, 0) is 73.6 Å². The number of anilines is 2. The lowest BCUT2D eigenvalue weighted by Crippen LogP contribution is -2.51. The molecule has 0 bridgehead atoms. The number of rotatable bonds is 5. The highest BCUT2D eigenvalue weighted by Gasteiger charge is 2.60. The Labute approximate surface area is 216 Å². The quantitative estimate of drug-likeness (QED) is 0.305. The highest BCUT2D eigenvalue weighted by molar-refractivity contribution is 8.29. The van der Waals surface area contributed by atoms with Crippen molar-refractivity contribution in [1.82, 2.24) is 0 Å². The Hall–Kier alpha value is -3.56. The minimum absolute atomic E-state index is 0.154. The molecule has 0 radical (unpaired) electrons. The number of aryl methyl sites for hydroxylation is 1. The van der Waals surface area contributed by atoms with E-state index in [1.165, 1.54) is 35.7 Å². The van der Waals surface area contributed by atoms with Gasteiger partial charge in [0, 0.05) is 5.69 Å². The van der Waals surface area contributed by atoms with Crippen LogP contribution in [0.5, 0.6) is 0 Å². The maximum atomic E-state index is 13.9. The molecule has 0 aromatic heterocycles. The highest BCUT2D eigenvalue weighted by Crippen LogP contribution is 2.59. The monoisotopic (exact) mass is 519 g/mol. The molecule has 2 aliphatic rings. The number of carbonyl (C=O) groups is 2. The second-order valence-electron chi connectivity index (χ2n) is 8.06. The SMILES string of the molecule is CCOC(=O)C1=NN(c2ccc(C)cc2)C2(SC(=Cc3ccc(F)cc3)C(=O)N2c2ccccc2)S1. The third-order valence-corrected chi connectivity index (χ3v) is 8.24. The smallest absolute Gasteiger partial charge is 0.365 e. The van der Waals surface area contributed by atoms with Crippen LogP contribution in [-0.4, -0.2) is 27.9 Å². The van der Waals surface area contributed by atoms with Crippen LogP contribution in [0.25, 0.3) is 6.08 Å². The zero-order chi connectivity index (χ0) is 25.3. The number of ether oxygens (including phenoxy) is 1. The van der Waals surface area contributed by atoms with Crippen LogP contribution in [0, 0.1) is 12.7 Å². The zero-order valence-electron chi connectivity index (χ0n) is 19.6. The minimum atomic E-state index is -1.15. The number of halogens is 1. The molecule has 1 spiro atoms. The molecule has 9 heteroatoms. The number of benzene rings is 3. The van der Waals surface area contributed by atoms with Gasteiger partial charge in [-0.2, -0.15) is 5.10 Å². The summed E-state index contributed by atoms with van der Waals surface area (Å²) in [6.07, 6.45) is 1.73. The van der Waals surface area contributed by atoms with Crippen LogP contribution in [0.1, 0.15) is 18.1 Å². The fraction of sp³-hybridized carbons (Fsp3) is 0.148. The molecule has 5 rings (SSSR count). The van der Waals surface area contributed by atoms with Crippen LogP contribution < -0.4 is 9.91 Å². The number of nitrogens with zero attached hydrogens (tertiary/aromatic N) is 3. The number of hydrogen-bond acceptors (Lipinski definition) is 7. The summed E-state index contributed by atoms with van der Waals surface area (Å²) in [7, 11) is 0. The van der Waals surface area contributed by atoms with Crippen LogP contribution in [0.2, 0.25) is 0 Å². The zero-order valence-corrected chi connectivity index (χ0v) is 21.2. The Morgan fingerprint density at radius 1 is 1.00 bits per heavy atom. The van der Waals surface area contributed by atoms with Crippen molar-refractivity contribution in [1.29, 1.82) is 0 Å². The Kier molecular flexibility index (Phi) is 6.59. The molecule has 2 heterocycles. The maximum absolute atomic E-state index is 13.9. The summed E-state index contributed by atoms with van der Waals surface area (Å²) in [6.45, 7) is 3.93. The van der Waals surface area contributed by atoms with E-state index >= 15 is 0 Å². The van der Waals surface area contributed by atoms with E-state index in [0.717, 1.165) is 11.3 Å². The van der Waals surface area contributed by atoms with E-state index < -0.39 is 10.3 Å². The average Bonchev–Trinajstić information content (AvgIpc) is 3.39. The molecule has 0 aliphatic carbocycles. The molecule has 0 N–H and O–H groups in total. The van der Waals surface area contributed by atoms with Crippen LogP contribution >= 0.6 is 23.5 Å². The number of para-hydroxylation sites is 1.